The van der Waals surface area contributed by atoms with Crippen LogP contribution in [-0.4, -0.2) is 21.4 Å². The number of nitrogens with one attached hydrogen (secondary N) is 1. The maximum atomic E-state index is 12.0. The van der Waals surface area contributed by atoms with Crippen molar-refractivity contribution in [2.75, 3.05) is 0 Å². The zero-order chi connectivity index (χ0) is 14.6. The van der Waals surface area contributed by atoms with E-state index < -0.39 is 0 Å². The fourth-order valence-corrected chi connectivity index (χ4v) is 2.50. The molecule has 0 aliphatic carbocycles. The summed E-state index contributed by atoms with van der Waals surface area (Å²) in [6, 6.07) is 3.85. The Hall–Kier alpha value is -1.75. The van der Waals surface area contributed by atoms with Crippen LogP contribution in [0.5, 0.6) is 0 Å². The third-order valence-corrected chi connectivity index (χ3v) is 4.10. The van der Waals surface area contributed by atoms with Crippen LogP contribution < -0.4 is 5.32 Å². The quantitative estimate of drug-likeness (QED) is 0.920. The molecule has 5 heteroatoms. The molecule has 0 saturated carbocycles. The smallest absolute Gasteiger partial charge is 0.226 e. The topological polar surface area (TPSA) is 54.9 Å². The minimum absolute atomic E-state index is 0.0138. The largest absolute Gasteiger partial charge is 0.351 e. The van der Waals surface area contributed by atoms with E-state index in [-0.39, 0.29) is 11.4 Å². The number of aromatic nitrogens is 2. The van der Waals surface area contributed by atoms with Crippen LogP contribution >= 0.6 is 11.3 Å². The molecule has 2 heterocycles. The Bertz CT molecular complexity index is 578. The minimum Gasteiger partial charge on any atom is -0.351 e. The number of rotatable bonds is 5. The molecule has 106 valence electrons. The van der Waals surface area contributed by atoms with Crippen molar-refractivity contribution < 1.29 is 4.79 Å². The van der Waals surface area contributed by atoms with Gasteiger partial charge in [0.2, 0.25) is 5.91 Å². The predicted molar refractivity (Wildman–Crippen MR) is 81.6 cm³/mol. The van der Waals surface area contributed by atoms with Crippen molar-refractivity contribution in [2.24, 2.45) is 0 Å². The molecule has 0 atom stereocenters. The summed E-state index contributed by atoms with van der Waals surface area (Å²) in [6.45, 7) is 6.10. The standard InChI is InChI=1S/C15H19N3OS/c1-4-15(2,3)18-13(19)8-12-10-20-14(17-12)11-6-5-7-16-9-11/h5-7,9-10H,4,8H2,1-3H3,(H,18,19). The molecule has 20 heavy (non-hydrogen) atoms. The fraction of sp³-hybridized carbons (Fsp3) is 0.400. The number of hydrogen-bond acceptors (Lipinski definition) is 4. The molecular weight excluding hydrogens is 270 g/mol. The molecule has 1 N–H and O–H groups in total. The average Bonchev–Trinajstić information content (AvgIpc) is 2.87. The summed E-state index contributed by atoms with van der Waals surface area (Å²) in [7, 11) is 0. The highest BCUT2D eigenvalue weighted by atomic mass is 32.1. The normalized spacial score (nSPS) is 11.3. The summed E-state index contributed by atoms with van der Waals surface area (Å²) in [6.07, 6.45) is 4.73. The molecule has 2 aromatic heterocycles. The first kappa shape index (κ1) is 14.7. The van der Waals surface area contributed by atoms with Crippen molar-refractivity contribution in [1.29, 1.82) is 0 Å². The number of carbonyl (C=O) groups excluding carboxylic acids is 1. The van der Waals surface area contributed by atoms with Crippen molar-refractivity contribution >= 4 is 17.2 Å². The first-order chi connectivity index (χ1) is 9.50. The van der Waals surface area contributed by atoms with Crippen LogP contribution in [0.2, 0.25) is 0 Å². The van der Waals surface area contributed by atoms with E-state index in [1.54, 1.807) is 12.4 Å². The Morgan fingerprint density at radius 2 is 2.25 bits per heavy atom. The third-order valence-electron chi connectivity index (χ3n) is 3.16. The molecule has 1 amide bonds. The van der Waals surface area contributed by atoms with Gasteiger partial charge in [-0.1, -0.05) is 6.92 Å². The summed E-state index contributed by atoms with van der Waals surface area (Å²) in [5.41, 5.74) is 1.62. The number of pyridine rings is 1. The molecular formula is C15H19N3OS. The van der Waals surface area contributed by atoms with E-state index in [4.69, 9.17) is 0 Å². The van der Waals surface area contributed by atoms with Crippen molar-refractivity contribution in [3.8, 4) is 10.6 Å². The van der Waals surface area contributed by atoms with Crippen molar-refractivity contribution in [3.63, 3.8) is 0 Å². The van der Waals surface area contributed by atoms with E-state index in [9.17, 15) is 4.79 Å². The summed E-state index contributed by atoms with van der Waals surface area (Å²) < 4.78 is 0. The van der Waals surface area contributed by atoms with E-state index >= 15 is 0 Å². The lowest BCUT2D eigenvalue weighted by molar-refractivity contribution is -0.122. The molecule has 0 fully saturated rings. The van der Waals surface area contributed by atoms with Crippen LogP contribution in [0.25, 0.3) is 10.6 Å². The maximum absolute atomic E-state index is 12.0. The van der Waals surface area contributed by atoms with Crippen LogP contribution in [0.1, 0.15) is 32.9 Å². The lowest BCUT2D eigenvalue weighted by Crippen LogP contribution is -2.43. The van der Waals surface area contributed by atoms with Gasteiger partial charge in [0.05, 0.1) is 12.1 Å². The first-order valence-corrected chi connectivity index (χ1v) is 7.54. The predicted octanol–water partition coefficient (Wildman–Crippen LogP) is 3.05. The van der Waals surface area contributed by atoms with Gasteiger partial charge in [0.15, 0.2) is 0 Å². The Morgan fingerprint density at radius 3 is 2.90 bits per heavy atom. The molecule has 0 spiro atoms. The van der Waals surface area contributed by atoms with Crippen LogP contribution in [-0.2, 0) is 11.2 Å². The number of thiazole rings is 1. The fourth-order valence-electron chi connectivity index (χ4n) is 1.68. The van der Waals surface area contributed by atoms with Gasteiger partial charge in [0, 0.05) is 28.9 Å². The minimum atomic E-state index is -0.167. The zero-order valence-corrected chi connectivity index (χ0v) is 12.8. The van der Waals surface area contributed by atoms with E-state index in [1.165, 1.54) is 11.3 Å². The molecule has 4 nitrogen and oxygen atoms in total. The lowest BCUT2D eigenvalue weighted by Gasteiger charge is -2.24. The zero-order valence-electron chi connectivity index (χ0n) is 12.0. The SMILES string of the molecule is CCC(C)(C)NC(=O)Cc1csc(-c2cccnc2)n1. The first-order valence-electron chi connectivity index (χ1n) is 6.66. The molecule has 0 aliphatic rings. The number of amides is 1. The van der Waals surface area contributed by atoms with Gasteiger partial charge in [-0.25, -0.2) is 4.98 Å². The van der Waals surface area contributed by atoms with Crippen LogP contribution in [0.3, 0.4) is 0 Å². The summed E-state index contributed by atoms with van der Waals surface area (Å²) >= 11 is 1.54. The Morgan fingerprint density at radius 1 is 1.45 bits per heavy atom. The highest BCUT2D eigenvalue weighted by Gasteiger charge is 2.18. The van der Waals surface area contributed by atoms with Gasteiger partial charge < -0.3 is 5.32 Å². The average molecular weight is 289 g/mol. The van der Waals surface area contributed by atoms with Gasteiger partial charge in [-0.05, 0) is 32.4 Å². The molecule has 0 aliphatic heterocycles. The number of hydrogen-bond donors (Lipinski definition) is 1. The van der Waals surface area contributed by atoms with E-state index in [0.717, 1.165) is 22.7 Å². The highest BCUT2D eigenvalue weighted by Crippen LogP contribution is 2.22. The van der Waals surface area contributed by atoms with E-state index in [1.807, 2.05) is 31.4 Å². The van der Waals surface area contributed by atoms with Crippen molar-refractivity contribution in [1.82, 2.24) is 15.3 Å². The monoisotopic (exact) mass is 289 g/mol. The third kappa shape index (κ3) is 3.87. The molecule has 2 aromatic rings. The summed E-state index contributed by atoms with van der Waals surface area (Å²) in [4.78, 5) is 20.5. The second kappa shape index (κ2) is 6.13. The van der Waals surface area contributed by atoms with Crippen LogP contribution in [0.4, 0.5) is 0 Å². The van der Waals surface area contributed by atoms with E-state index in [2.05, 4.69) is 22.2 Å². The number of carbonyl (C=O) groups is 1. The summed E-state index contributed by atoms with van der Waals surface area (Å²) in [5.74, 6) is 0.0138. The van der Waals surface area contributed by atoms with Crippen molar-refractivity contribution in [2.45, 2.75) is 39.2 Å². The molecule has 0 bridgehead atoms. The van der Waals surface area contributed by atoms with Gasteiger partial charge in [-0.15, -0.1) is 11.3 Å². The maximum Gasteiger partial charge on any atom is 0.226 e. The second-order valence-corrected chi connectivity index (χ2v) is 6.21. The Balaban J connectivity index is 2.02. The molecule has 0 saturated heterocycles. The van der Waals surface area contributed by atoms with Crippen molar-refractivity contribution in [3.05, 3.63) is 35.6 Å². The number of nitrogens with zero attached hydrogens (tertiary/aromatic N) is 2. The van der Waals surface area contributed by atoms with Crippen LogP contribution in [0, 0.1) is 0 Å². The molecule has 0 radical (unpaired) electrons. The lowest BCUT2D eigenvalue weighted by atomic mass is 10.0. The molecule has 0 unspecified atom stereocenters. The van der Waals surface area contributed by atoms with E-state index in [0.29, 0.717) is 6.42 Å². The highest BCUT2D eigenvalue weighted by molar-refractivity contribution is 7.13. The molecule has 0 aromatic carbocycles. The Labute approximate surface area is 123 Å². The van der Waals surface area contributed by atoms with Gasteiger partial charge in [-0.2, -0.15) is 0 Å². The Kier molecular flexibility index (Phi) is 4.49. The summed E-state index contributed by atoms with van der Waals surface area (Å²) in [5, 5.41) is 5.85. The van der Waals surface area contributed by atoms with Crippen LogP contribution in [0.15, 0.2) is 29.9 Å². The van der Waals surface area contributed by atoms with Gasteiger partial charge in [0.25, 0.3) is 0 Å². The van der Waals surface area contributed by atoms with Gasteiger partial charge in [0.1, 0.15) is 5.01 Å². The van der Waals surface area contributed by atoms with Gasteiger partial charge in [-0.3, -0.25) is 9.78 Å². The second-order valence-electron chi connectivity index (χ2n) is 5.35. The van der Waals surface area contributed by atoms with Gasteiger partial charge >= 0.3 is 0 Å². The molecule has 2 rings (SSSR count).